The molecule has 3 rings (SSSR count). The fourth-order valence-electron chi connectivity index (χ4n) is 2.95. The maximum Gasteiger partial charge on any atom is 0.341 e. The smallest absolute Gasteiger partial charge is 0.341 e. The molecule has 0 fully saturated rings. The van der Waals surface area contributed by atoms with E-state index >= 15 is 0 Å². The predicted molar refractivity (Wildman–Crippen MR) is 98.8 cm³/mol. The number of ether oxygens (including phenoxy) is 2. The molecule has 1 aliphatic heterocycles. The van der Waals surface area contributed by atoms with Crippen molar-refractivity contribution in [3.8, 4) is 5.75 Å². The van der Waals surface area contributed by atoms with E-state index in [-0.39, 0.29) is 18.4 Å². The molecule has 1 heterocycles. The van der Waals surface area contributed by atoms with E-state index in [1.54, 1.807) is 42.5 Å². The highest BCUT2D eigenvalue weighted by molar-refractivity contribution is 6.21. The number of hydrogen-bond acceptors (Lipinski definition) is 5. The molecule has 0 atom stereocenters. The Hall–Kier alpha value is -3.15. The Morgan fingerprint density at radius 1 is 1.00 bits per heavy atom. The summed E-state index contributed by atoms with van der Waals surface area (Å²) < 4.78 is 10.7. The van der Waals surface area contributed by atoms with Crippen molar-refractivity contribution in [1.29, 1.82) is 0 Å². The van der Waals surface area contributed by atoms with Crippen LogP contribution in [0.3, 0.4) is 0 Å². The first-order valence-corrected chi connectivity index (χ1v) is 8.94. The quantitative estimate of drug-likeness (QED) is 0.554. The molecule has 2 aromatic rings. The first kappa shape index (κ1) is 18.6. The molecule has 0 aliphatic carbocycles. The van der Waals surface area contributed by atoms with Gasteiger partial charge in [-0.25, -0.2) is 4.79 Å². The van der Waals surface area contributed by atoms with Crippen LogP contribution >= 0.6 is 0 Å². The first-order valence-electron chi connectivity index (χ1n) is 8.94. The van der Waals surface area contributed by atoms with Crippen molar-refractivity contribution in [3.05, 3.63) is 64.7 Å². The Bertz CT molecular complexity index is 855. The van der Waals surface area contributed by atoms with Gasteiger partial charge >= 0.3 is 5.97 Å². The standard InChI is InChI=1S/C21H21NO5/c1-3-11-27-21(25)17-12-14(9-10-18(17)26-4-2)13-22-19(23)15-7-5-6-8-16(15)20(22)24/h5-10,12H,3-4,11,13H2,1-2H3. The van der Waals surface area contributed by atoms with E-state index in [1.807, 2.05) is 13.8 Å². The minimum atomic E-state index is -0.482. The highest BCUT2D eigenvalue weighted by atomic mass is 16.5. The summed E-state index contributed by atoms with van der Waals surface area (Å²) in [5.41, 5.74) is 1.74. The third-order valence-electron chi connectivity index (χ3n) is 4.22. The second kappa shape index (κ2) is 8.03. The molecule has 0 spiro atoms. The summed E-state index contributed by atoms with van der Waals surface area (Å²) in [4.78, 5) is 38.6. The zero-order valence-corrected chi connectivity index (χ0v) is 15.4. The van der Waals surface area contributed by atoms with Crippen molar-refractivity contribution in [1.82, 2.24) is 4.90 Å². The molecule has 2 aromatic carbocycles. The summed E-state index contributed by atoms with van der Waals surface area (Å²) in [6, 6.07) is 11.8. The number of esters is 1. The van der Waals surface area contributed by atoms with E-state index in [9.17, 15) is 14.4 Å². The lowest BCUT2D eigenvalue weighted by Crippen LogP contribution is -2.29. The Kier molecular flexibility index (Phi) is 5.54. The summed E-state index contributed by atoms with van der Waals surface area (Å²) in [7, 11) is 0. The number of carbonyl (C=O) groups excluding carboxylic acids is 3. The molecule has 27 heavy (non-hydrogen) atoms. The van der Waals surface area contributed by atoms with Gasteiger partial charge in [0, 0.05) is 0 Å². The van der Waals surface area contributed by atoms with Gasteiger partial charge in [-0.05, 0) is 43.2 Å². The molecule has 2 amide bonds. The van der Waals surface area contributed by atoms with E-state index in [2.05, 4.69) is 0 Å². The van der Waals surface area contributed by atoms with Crippen molar-refractivity contribution in [2.75, 3.05) is 13.2 Å². The molecule has 6 heteroatoms. The SMILES string of the molecule is CCCOC(=O)c1cc(CN2C(=O)c3ccccc3C2=O)ccc1OCC. The number of amides is 2. The van der Waals surface area contributed by atoms with Gasteiger partial charge in [-0.2, -0.15) is 0 Å². The van der Waals surface area contributed by atoms with E-state index in [1.165, 1.54) is 4.90 Å². The van der Waals surface area contributed by atoms with Gasteiger partial charge in [-0.1, -0.05) is 25.1 Å². The Labute approximate surface area is 157 Å². The fraction of sp³-hybridized carbons (Fsp3) is 0.286. The lowest BCUT2D eigenvalue weighted by Gasteiger charge is -2.16. The number of imide groups is 1. The summed E-state index contributed by atoms with van der Waals surface area (Å²) >= 11 is 0. The van der Waals surface area contributed by atoms with Crippen molar-refractivity contribution in [2.45, 2.75) is 26.8 Å². The molecule has 1 aliphatic rings. The van der Waals surface area contributed by atoms with Gasteiger partial charge in [0.15, 0.2) is 0 Å². The summed E-state index contributed by atoms with van der Waals surface area (Å²) in [5.74, 6) is -0.728. The van der Waals surface area contributed by atoms with E-state index in [0.29, 0.717) is 47.6 Å². The number of fused-ring (bicyclic) bond motifs is 1. The van der Waals surface area contributed by atoms with Crippen LogP contribution < -0.4 is 4.74 Å². The molecule has 0 bridgehead atoms. The summed E-state index contributed by atoms with van der Waals surface area (Å²) in [6.07, 6.45) is 0.713. The van der Waals surface area contributed by atoms with Crippen LogP contribution in [0.25, 0.3) is 0 Å². The van der Waals surface area contributed by atoms with Crippen LogP contribution in [0.2, 0.25) is 0 Å². The van der Waals surface area contributed by atoms with Crippen molar-refractivity contribution in [3.63, 3.8) is 0 Å². The van der Waals surface area contributed by atoms with Crippen molar-refractivity contribution in [2.24, 2.45) is 0 Å². The third kappa shape index (κ3) is 3.69. The van der Waals surface area contributed by atoms with Gasteiger partial charge in [0.05, 0.1) is 30.9 Å². The average molecular weight is 367 g/mol. The van der Waals surface area contributed by atoms with Crippen LogP contribution in [0.15, 0.2) is 42.5 Å². The van der Waals surface area contributed by atoms with E-state index < -0.39 is 5.97 Å². The lowest BCUT2D eigenvalue weighted by atomic mass is 10.1. The van der Waals surface area contributed by atoms with Gasteiger partial charge in [0.25, 0.3) is 11.8 Å². The van der Waals surface area contributed by atoms with Crippen LogP contribution in [0.5, 0.6) is 5.75 Å². The van der Waals surface area contributed by atoms with Gasteiger partial charge in [0.1, 0.15) is 11.3 Å². The molecule has 140 valence electrons. The number of rotatable bonds is 7. The predicted octanol–water partition coefficient (Wildman–Crippen LogP) is 3.45. The summed E-state index contributed by atoms with van der Waals surface area (Å²) in [5, 5.41) is 0. The molecule has 6 nitrogen and oxygen atoms in total. The second-order valence-corrected chi connectivity index (χ2v) is 6.14. The Morgan fingerprint density at radius 2 is 1.67 bits per heavy atom. The van der Waals surface area contributed by atoms with Gasteiger partial charge in [0.2, 0.25) is 0 Å². The topological polar surface area (TPSA) is 72.9 Å². The Morgan fingerprint density at radius 3 is 2.26 bits per heavy atom. The largest absolute Gasteiger partial charge is 0.493 e. The molecule has 0 radical (unpaired) electrons. The molecular formula is C21H21NO5. The molecule has 0 unspecified atom stereocenters. The zero-order valence-electron chi connectivity index (χ0n) is 15.4. The molecule has 0 saturated carbocycles. The molecule has 0 N–H and O–H groups in total. The number of carbonyl (C=O) groups is 3. The molecule has 0 saturated heterocycles. The van der Waals surface area contributed by atoms with Crippen LogP contribution in [0, 0.1) is 0 Å². The maximum atomic E-state index is 12.5. The van der Waals surface area contributed by atoms with E-state index in [4.69, 9.17) is 9.47 Å². The molecular weight excluding hydrogens is 346 g/mol. The molecule has 0 aromatic heterocycles. The van der Waals surface area contributed by atoms with Crippen LogP contribution in [-0.4, -0.2) is 35.9 Å². The van der Waals surface area contributed by atoms with E-state index in [0.717, 1.165) is 0 Å². The second-order valence-electron chi connectivity index (χ2n) is 6.14. The van der Waals surface area contributed by atoms with Gasteiger partial charge < -0.3 is 9.47 Å². The number of hydrogen-bond donors (Lipinski definition) is 0. The van der Waals surface area contributed by atoms with Crippen LogP contribution in [-0.2, 0) is 11.3 Å². The highest BCUT2D eigenvalue weighted by Crippen LogP contribution is 2.27. The number of nitrogens with zero attached hydrogens (tertiary/aromatic N) is 1. The van der Waals surface area contributed by atoms with Gasteiger partial charge in [-0.3, -0.25) is 14.5 Å². The Balaban J connectivity index is 1.86. The van der Waals surface area contributed by atoms with Crippen molar-refractivity contribution >= 4 is 17.8 Å². The minimum absolute atomic E-state index is 0.0762. The average Bonchev–Trinajstić information content (AvgIpc) is 2.92. The minimum Gasteiger partial charge on any atom is -0.493 e. The fourth-order valence-corrected chi connectivity index (χ4v) is 2.95. The third-order valence-corrected chi connectivity index (χ3v) is 4.22. The van der Waals surface area contributed by atoms with Crippen molar-refractivity contribution < 1.29 is 23.9 Å². The van der Waals surface area contributed by atoms with Crippen LogP contribution in [0.1, 0.15) is 56.9 Å². The van der Waals surface area contributed by atoms with Gasteiger partial charge in [-0.15, -0.1) is 0 Å². The monoisotopic (exact) mass is 367 g/mol. The highest BCUT2D eigenvalue weighted by Gasteiger charge is 2.35. The number of benzene rings is 2. The lowest BCUT2D eigenvalue weighted by molar-refractivity contribution is 0.0500. The first-order chi connectivity index (χ1) is 13.1. The summed E-state index contributed by atoms with van der Waals surface area (Å²) in [6.45, 7) is 4.54. The zero-order chi connectivity index (χ0) is 19.4. The maximum absolute atomic E-state index is 12.5. The normalized spacial score (nSPS) is 12.9. The van der Waals surface area contributed by atoms with Crippen LogP contribution in [0.4, 0.5) is 0 Å².